The van der Waals surface area contributed by atoms with Crippen molar-refractivity contribution in [2.45, 2.75) is 0 Å². The highest BCUT2D eigenvalue weighted by atomic mass is 19.1. The number of carboxylic acid groups (broad SMARTS) is 1. The lowest BCUT2D eigenvalue weighted by Crippen LogP contribution is -2.02. The molecule has 0 spiro atoms. The molecule has 3 aromatic rings. The molecule has 0 saturated carbocycles. The highest BCUT2D eigenvalue weighted by Crippen LogP contribution is 2.19. The highest BCUT2D eigenvalue weighted by Gasteiger charge is 2.15. The lowest BCUT2D eigenvalue weighted by atomic mass is 10.1. The molecule has 1 N–H and O–H groups in total. The summed E-state index contributed by atoms with van der Waals surface area (Å²) in [7, 11) is 0. The zero-order valence-corrected chi connectivity index (χ0v) is 8.33. The van der Waals surface area contributed by atoms with Crippen LogP contribution in [0.3, 0.4) is 0 Å². The topological polar surface area (TPSA) is 80.4 Å². The van der Waals surface area contributed by atoms with Crippen molar-refractivity contribution in [3.8, 4) is 0 Å². The number of rotatable bonds is 1. The zero-order valence-electron chi connectivity index (χ0n) is 8.33. The quantitative estimate of drug-likeness (QED) is 0.679. The van der Waals surface area contributed by atoms with Gasteiger partial charge in [-0.2, -0.15) is 4.52 Å². The smallest absolute Gasteiger partial charge is 0.339 e. The monoisotopic (exact) mass is 232 g/mol. The molecule has 17 heavy (non-hydrogen) atoms. The van der Waals surface area contributed by atoms with Gasteiger partial charge in [-0.25, -0.2) is 9.18 Å². The van der Waals surface area contributed by atoms with Crippen molar-refractivity contribution in [3.05, 3.63) is 35.6 Å². The second-order valence-electron chi connectivity index (χ2n) is 3.48. The SMILES string of the molecule is O=C(O)c1cc2cc(F)ccc2n2nnnc12. The van der Waals surface area contributed by atoms with Crippen LogP contribution in [0.15, 0.2) is 24.3 Å². The number of pyridine rings is 1. The van der Waals surface area contributed by atoms with Gasteiger partial charge in [0.15, 0.2) is 5.65 Å². The fraction of sp³-hybridized carbons (Fsp3) is 0. The van der Waals surface area contributed by atoms with Crippen molar-refractivity contribution in [3.63, 3.8) is 0 Å². The minimum atomic E-state index is -1.16. The van der Waals surface area contributed by atoms with Crippen LogP contribution >= 0.6 is 0 Å². The van der Waals surface area contributed by atoms with Crippen LogP contribution in [0.25, 0.3) is 16.6 Å². The van der Waals surface area contributed by atoms with Gasteiger partial charge in [0.1, 0.15) is 11.4 Å². The normalized spacial score (nSPS) is 11.1. The maximum absolute atomic E-state index is 13.1. The van der Waals surface area contributed by atoms with Gasteiger partial charge in [-0.3, -0.25) is 0 Å². The van der Waals surface area contributed by atoms with Gasteiger partial charge in [0.2, 0.25) is 0 Å². The average molecular weight is 232 g/mol. The summed E-state index contributed by atoms with van der Waals surface area (Å²) in [6.07, 6.45) is 0. The van der Waals surface area contributed by atoms with Crippen molar-refractivity contribution < 1.29 is 14.3 Å². The molecular formula is C10H5FN4O2. The summed E-state index contributed by atoms with van der Waals surface area (Å²) in [6.45, 7) is 0. The van der Waals surface area contributed by atoms with E-state index >= 15 is 0 Å². The lowest BCUT2D eigenvalue weighted by Gasteiger charge is -2.02. The maximum atomic E-state index is 13.1. The molecule has 3 rings (SSSR count). The second-order valence-corrected chi connectivity index (χ2v) is 3.48. The number of halogens is 1. The Morgan fingerprint density at radius 3 is 2.94 bits per heavy atom. The molecule has 0 unspecified atom stereocenters. The van der Waals surface area contributed by atoms with Crippen molar-refractivity contribution in [1.29, 1.82) is 0 Å². The van der Waals surface area contributed by atoms with Gasteiger partial charge in [0.25, 0.3) is 0 Å². The van der Waals surface area contributed by atoms with Crippen LogP contribution in [0.2, 0.25) is 0 Å². The molecule has 2 aromatic heterocycles. The Hall–Kier alpha value is -2.57. The third kappa shape index (κ3) is 1.32. The summed E-state index contributed by atoms with van der Waals surface area (Å²) >= 11 is 0. The zero-order chi connectivity index (χ0) is 12.0. The first-order valence-corrected chi connectivity index (χ1v) is 4.70. The van der Waals surface area contributed by atoms with Crippen LogP contribution in [0, 0.1) is 5.82 Å². The molecule has 0 bridgehead atoms. The number of tetrazole rings is 1. The van der Waals surface area contributed by atoms with E-state index in [1.165, 1.54) is 28.8 Å². The van der Waals surface area contributed by atoms with E-state index in [4.69, 9.17) is 5.11 Å². The van der Waals surface area contributed by atoms with E-state index < -0.39 is 11.8 Å². The Kier molecular flexibility index (Phi) is 1.82. The van der Waals surface area contributed by atoms with E-state index in [0.717, 1.165) is 0 Å². The fourth-order valence-electron chi connectivity index (χ4n) is 1.73. The molecule has 0 atom stereocenters. The number of fused-ring (bicyclic) bond motifs is 3. The van der Waals surface area contributed by atoms with Gasteiger partial charge in [-0.1, -0.05) is 0 Å². The van der Waals surface area contributed by atoms with E-state index in [1.54, 1.807) is 0 Å². The van der Waals surface area contributed by atoms with Gasteiger partial charge in [-0.15, -0.1) is 5.10 Å². The summed E-state index contributed by atoms with van der Waals surface area (Å²) in [5, 5.41) is 20.2. The molecule has 0 amide bonds. The Balaban J connectivity index is 2.55. The number of hydrogen-bond donors (Lipinski definition) is 1. The Morgan fingerprint density at radius 2 is 2.18 bits per heavy atom. The Morgan fingerprint density at radius 1 is 1.35 bits per heavy atom. The van der Waals surface area contributed by atoms with Crippen LogP contribution in [0.1, 0.15) is 10.4 Å². The Bertz CT molecular complexity index is 752. The van der Waals surface area contributed by atoms with E-state index in [2.05, 4.69) is 15.5 Å². The summed E-state index contributed by atoms with van der Waals surface area (Å²) < 4.78 is 14.4. The number of hydrogen-bond acceptors (Lipinski definition) is 4. The maximum Gasteiger partial charge on any atom is 0.339 e. The van der Waals surface area contributed by atoms with Crippen LogP contribution in [-0.2, 0) is 0 Å². The van der Waals surface area contributed by atoms with Crippen LogP contribution in [0.4, 0.5) is 4.39 Å². The van der Waals surface area contributed by atoms with Crippen molar-refractivity contribution in [2.24, 2.45) is 0 Å². The van der Waals surface area contributed by atoms with Crippen molar-refractivity contribution in [2.75, 3.05) is 0 Å². The summed E-state index contributed by atoms with van der Waals surface area (Å²) in [5.41, 5.74) is 0.626. The van der Waals surface area contributed by atoms with Gasteiger partial charge in [0.05, 0.1) is 5.52 Å². The fourth-order valence-corrected chi connectivity index (χ4v) is 1.73. The number of nitrogens with zero attached hydrogens (tertiary/aromatic N) is 4. The first kappa shape index (κ1) is 9.64. The molecule has 0 aliphatic rings. The van der Waals surface area contributed by atoms with Gasteiger partial charge < -0.3 is 5.11 Å². The standard InChI is InChI=1S/C10H5FN4O2/c11-6-1-2-8-5(3-6)4-7(10(16)17)9-12-13-14-15(8)9/h1-4H,(H,16,17). The predicted octanol–water partition coefficient (Wildman–Crippen LogP) is 1.11. The van der Waals surface area contributed by atoms with E-state index in [9.17, 15) is 9.18 Å². The van der Waals surface area contributed by atoms with Gasteiger partial charge in [0, 0.05) is 5.39 Å². The molecule has 84 valence electrons. The molecule has 0 fully saturated rings. The largest absolute Gasteiger partial charge is 0.478 e. The molecular weight excluding hydrogens is 227 g/mol. The minimum absolute atomic E-state index is 0.0619. The third-order valence-electron chi connectivity index (χ3n) is 2.46. The summed E-state index contributed by atoms with van der Waals surface area (Å²) in [5.74, 6) is -1.60. The average Bonchev–Trinajstić information content (AvgIpc) is 2.76. The second kappa shape index (κ2) is 3.21. The molecule has 0 radical (unpaired) electrons. The number of aromatic carboxylic acids is 1. The van der Waals surface area contributed by atoms with Crippen LogP contribution in [-0.4, -0.2) is 31.1 Å². The first-order chi connectivity index (χ1) is 8.16. The number of benzene rings is 1. The van der Waals surface area contributed by atoms with E-state index in [0.29, 0.717) is 10.9 Å². The van der Waals surface area contributed by atoms with Crippen LogP contribution < -0.4 is 0 Å². The number of aromatic nitrogens is 4. The predicted molar refractivity (Wildman–Crippen MR) is 55.2 cm³/mol. The van der Waals surface area contributed by atoms with Crippen molar-refractivity contribution in [1.82, 2.24) is 20.0 Å². The minimum Gasteiger partial charge on any atom is -0.478 e. The van der Waals surface area contributed by atoms with E-state index in [1.807, 2.05) is 0 Å². The summed E-state index contributed by atoms with van der Waals surface area (Å²) in [4.78, 5) is 11.0. The van der Waals surface area contributed by atoms with Crippen molar-refractivity contribution >= 4 is 22.5 Å². The van der Waals surface area contributed by atoms with E-state index in [-0.39, 0.29) is 11.2 Å². The Labute approximate surface area is 93.3 Å². The van der Waals surface area contributed by atoms with Crippen LogP contribution in [0.5, 0.6) is 0 Å². The molecule has 0 saturated heterocycles. The number of carboxylic acids is 1. The first-order valence-electron chi connectivity index (χ1n) is 4.70. The summed E-state index contributed by atoms with van der Waals surface area (Å²) in [6, 6.07) is 5.36. The number of carbonyl (C=O) groups is 1. The lowest BCUT2D eigenvalue weighted by molar-refractivity contribution is 0.0698. The molecule has 0 aliphatic carbocycles. The third-order valence-corrected chi connectivity index (χ3v) is 2.46. The molecule has 7 heteroatoms. The van der Waals surface area contributed by atoms with Gasteiger partial charge in [-0.05, 0) is 34.7 Å². The molecule has 2 heterocycles. The molecule has 1 aromatic carbocycles. The highest BCUT2D eigenvalue weighted by molar-refractivity contribution is 5.99. The molecule has 6 nitrogen and oxygen atoms in total. The molecule has 0 aliphatic heterocycles. The van der Waals surface area contributed by atoms with Gasteiger partial charge >= 0.3 is 5.97 Å².